The van der Waals surface area contributed by atoms with Gasteiger partial charge in [-0.2, -0.15) is 0 Å². The van der Waals surface area contributed by atoms with E-state index < -0.39 is 0 Å². The molecular weight excluding hydrogens is 426 g/mol. The van der Waals surface area contributed by atoms with Crippen molar-refractivity contribution in [2.75, 3.05) is 25.1 Å². The third-order valence-corrected chi connectivity index (χ3v) is 6.03. The van der Waals surface area contributed by atoms with Crippen molar-refractivity contribution in [1.29, 1.82) is 0 Å². The van der Waals surface area contributed by atoms with Crippen LogP contribution in [-0.2, 0) is 4.74 Å². The Balaban J connectivity index is 1.52. The second-order valence-corrected chi connectivity index (χ2v) is 8.50. The fourth-order valence-electron chi connectivity index (χ4n) is 4.55. The van der Waals surface area contributed by atoms with Gasteiger partial charge in [0.05, 0.1) is 42.7 Å². The maximum absolute atomic E-state index is 7.17. The summed E-state index contributed by atoms with van der Waals surface area (Å²) in [5.41, 5.74) is 4.92. The zero-order valence-electron chi connectivity index (χ0n) is 19.4. The second kappa shape index (κ2) is 9.08. The topological polar surface area (TPSA) is 64.7 Å². The van der Waals surface area contributed by atoms with Crippen molar-refractivity contribution in [2.24, 2.45) is 0 Å². The van der Waals surface area contributed by atoms with Gasteiger partial charge < -0.3 is 14.4 Å². The molecule has 0 bridgehead atoms. The molecule has 5 rings (SSSR count). The lowest BCUT2D eigenvalue weighted by Gasteiger charge is -2.35. The van der Waals surface area contributed by atoms with Gasteiger partial charge in [-0.15, -0.1) is 10.2 Å². The number of methoxy groups -OCH3 is 1. The summed E-state index contributed by atoms with van der Waals surface area (Å²) in [4.78, 5) is 10.5. The van der Waals surface area contributed by atoms with Crippen molar-refractivity contribution in [3.05, 3.63) is 72.2 Å². The predicted octanol–water partition coefficient (Wildman–Crippen LogP) is 5.53. The Morgan fingerprint density at radius 2 is 1.74 bits per heavy atom. The molecule has 0 aliphatic carbocycles. The maximum atomic E-state index is 7.17. The number of ether oxygens (including phenoxy) is 2. The Labute approximate surface area is 198 Å². The number of morpholine rings is 1. The summed E-state index contributed by atoms with van der Waals surface area (Å²) in [5, 5.41) is 9.90. The molecule has 7 heteroatoms. The Hall–Kier alpha value is -4.02. The van der Waals surface area contributed by atoms with E-state index in [0.29, 0.717) is 17.1 Å². The Bertz CT molecular complexity index is 1350. The Morgan fingerprint density at radius 1 is 0.971 bits per heavy atom. The molecule has 0 spiro atoms. The molecule has 0 unspecified atom stereocenters. The first-order valence-corrected chi connectivity index (χ1v) is 11.3. The first kappa shape index (κ1) is 21.8. The highest BCUT2D eigenvalue weighted by atomic mass is 16.5. The third kappa shape index (κ3) is 4.04. The van der Waals surface area contributed by atoms with E-state index in [9.17, 15) is 0 Å². The van der Waals surface area contributed by atoms with Crippen molar-refractivity contribution in [2.45, 2.75) is 26.1 Å². The van der Waals surface area contributed by atoms with Gasteiger partial charge in [0, 0.05) is 30.2 Å². The minimum atomic E-state index is 0.154. The number of benzene rings is 2. The molecule has 34 heavy (non-hydrogen) atoms. The molecule has 1 aliphatic rings. The van der Waals surface area contributed by atoms with Gasteiger partial charge in [-0.25, -0.2) is 4.85 Å². The van der Waals surface area contributed by atoms with Crippen molar-refractivity contribution in [3.8, 4) is 28.1 Å². The molecule has 1 fully saturated rings. The number of nitrogens with zero attached hydrogens (tertiary/aromatic N) is 5. The molecule has 4 aromatic rings. The highest BCUT2D eigenvalue weighted by Crippen LogP contribution is 2.38. The molecule has 7 nitrogen and oxygen atoms in total. The minimum absolute atomic E-state index is 0.154. The summed E-state index contributed by atoms with van der Waals surface area (Å²) in [5.74, 6) is 1.55. The number of hydrogen-bond donors (Lipinski definition) is 0. The van der Waals surface area contributed by atoms with Gasteiger partial charge >= 0.3 is 0 Å². The lowest BCUT2D eigenvalue weighted by atomic mass is 9.99. The summed E-state index contributed by atoms with van der Waals surface area (Å²) in [6, 6.07) is 17.5. The molecule has 1 aliphatic heterocycles. The second-order valence-electron chi connectivity index (χ2n) is 8.50. The summed E-state index contributed by atoms with van der Waals surface area (Å²) in [6.45, 7) is 12.9. The minimum Gasteiger partial charge on any atom is -0.495 e. The highest BCUT2D eigenvalue weighted by molar-refractivity contribution is 6.00. The molecule has 0 N–H and O–H groups in total. The first-order valence-electron chi connectivity index (χ1n) is 11.3. The maximum Gasteiger partial charge on any atom is 0.187 e. The van der Waals surface area contributed by atoms with Crippen LogP contribution < -0.4 is 9.64 Å². The number of pyridine rings is 1. The van der Waals surface area contributed by atoms with E-state index in [1.54, 1.807) is 13.3 Å². The SMILES string of the molecule is [C-]#[N+]c1ccc(-c2cccc3c(OC)c(-c4ccc(N5C[C@@H](C)O[C@@H](C)C5)nn4)cnc23)cc1. The van der Waals surface area contributed by atoms with E-state index in [-0.39, 0.29) is 12.2 Å². The lowest BCUT2D eigenvalue weighted by Crippen LogP contribution is -2.45. The number of anilines is 1. The van der Waals surface area contributed by atoms with Crippen LogP contribution in [0.2, 0.25) is 0 Å². The monoisotopic (exact) mass is 451 g/mol. The van der Waals surface area contributed by atoms with E-state index >= 15 is 0 Å². The summed E-state index contributed by atoms with van der Waals surface area (Å²) in [7, 11) is 1.66. The molecular formula is C27H25N5O2. The standard InChI is InChI=1S/C27H25N5O2/c1-17-15-32(16-18(2)34-17)25-13-12-24(30-31-25)23-14-29-26-21(6-5-7-22(26)27(23)33-4)19-8-10-20(28-3)11-9-19/h5-14,17-18H,15-16H2,1-2,4H3/t17-,18+. The van der Waals surface area contributed by atoms with Gasteiger partial charge in [0.1, 0.15) is 5.75 Å². The smallest absolute Gasteiger partial charge is 0.187 e. The van der Waals surface area contributed by atoms with E-state index in [4.69, 9.17) is 21.0 Å². The molecule has 2 aromatic heterocycles. The normalized spacial score (nSPS) is 18.0. The third-order valence-electron chi connectivity index (χ3n) is 6.03. The summed E-state index contributed by atoms with van der Waals surface area (Å²) < 4.78 is 11.7. The molecule has 0 amide bonds. The van der Waals surface area contributed by atoms with Gasteiger partial charge in [-0.1, -0.05) is 36.4 Å². The number of rotatable bonds is 4. The number of aromatic nitrogens is 3. The largest absolute Gasteiger partial charge is 0.495 e. The predicted molar refractivity (Wildman–Crippen MR) is 133 cm³/mol. The Morgan fingerprint density at radius 3 is 2.38 bits per heavy atom. The molecule has 0 radical (unpaired) electrons. The fraction of sp³-hybridized carbons (Fsp3) is 0.259. The van der Waals surface area contributed by atoms with Crippen molar-refractivity contribution < 1.29 is 9.47 Å². The van der Waals surface area contributed by atoms with Gasteiger partial charge in [-0.3, -0.25) is 4.98 Å². The van der Waals surface area contributed by atoms with Crippen LogP contribution in [0.3, 0.4) is 0 Å². The highest BCUT2D eigenvalue weighted by Gasteiger charge is 2.24. The van der Waals surface area contributed by atoms with Gasteiger partial charge in [0.25, 0.3) is 0 Å². The zero-order chi connectivity index (χ0) is 23.7. The van der Waals surface area contributed by atoms with Gasteiger partial charge in [0.15, 0.2) is 11.5 Å². The van der Waals surface area contributed by atoms with Gasteiger partial charge in [-0.05, 0) is 37.6 Å². The summed E-state index contributed by atoms with van der Waals surface area (Å²) >= 11 is 0. The van der Waals surface area contributed by atoms with E-state index in [1.807, 2.05) is 54.6 Å². The molecule has 1 saturated heterocycles. The number of hydrogen-bond acceptors (Lipinski definition) is 6. The van der Waals surface area contributed by atoms with Gasteiger partial charge in [0.2, 0.25) is 0 Å². The van der Waals surface area contributed by atoms with Crippen LogP contribution in [0.15, 0.2) is 60.8 Å². The average Bonchev–Trinajstić information content (AvgIpc) is 2.87. The molecule has 3 heterocycles. The van der Waals surface area contributed by atoms with E-state index in [0.717, 1.165) is 46.5 Å². The van der Waals surface area contributed by atoms with Crippen LogP contribution in [0.5, 0.6) is 5.75 Å². The number of fused-ring (bicyclic) bond motifs is 1. The van der Waals surface area contributed by atoms with Crippen LogP contribution in [0.1, 0.15) is 13.8 Å². The molecule has 2 atom stereocenters. The van der Waals surface area contributed by atoms with Crippen LogP contribution in [-0.4, -0.2) is 47.6 Å². The van der Waals surface area contributed by atoms with E-state index in [2.05, 4.69) is 33.8 Å². The van der Waals surface area contributed by atoms with Crippen molar-refractivity contribution >= 4 is 22.4 Å². The fourth-order valence-corrected chi connectivity index (χ4v) is 4.55. The van der Waals surface area contributed by atoms with Crippen molar-refractivity contribution in [1.82, 2.24) is 15.2 Å². The molecule has 0 saturated carbocycles. The number of para-hydroxylation sites is 1. The van der Waals surface area contributed by atoms with Crippen LogP contribution in [0, 0.1) is 6.57 Å². The zero-order valence-corrected chi connectivity index (χ0v) is 19.4. The van der Waals surface area contributed by atoms with Crippen LogP contribution >= 0.6 is 0 Å². The van der Waals surface area contributed by atoms with Crippen LogP contribution in [0.25, 0.3) is 38.1 Å². The molecule has 2 aromatic carbocycles. The Kier molecular flexibility index (Phi) is 5.83. The molecule has 170 valence electrons. The average molecular weight is 452 g/mol. The quantitative estimate of drug-likeness (QED) is 0.380. The van der Waals surface area contributed by atoms with Crippen molar-refractivity contribution in [3.63, 3.8) is 0 Å². The lowest BCUT2D eigenvalue weighted by molar-refractivity contribution is -0.00550. The van der Waals surface area contributed by atoms with E-state index in [1.165, 1.54) is 0 Å². The summed E-state index contributed by atoms with van der Waals surface area (Å²) in [6.07, 6.45) is 2.10. The first-order chi connectivity index (χ1) is 16.6. The van der Waals surface area contributed by atoms with Crippen LogP contribution in [0.4, 0.5) is 11.5 Å².